The number of anilines is 2. The van der Waals surface area contributed by atoms with E-state index >= 15 is 0 Å². The zero-order valence-corrected chi connectivity index (χ0v) is 17.9. The molecule has 1 aromatic heterocycles. The lowest BCUT2D eigenvalue weighted by Gasteiger charge is -2.09. The van der Waals surface area contributed by atoms with Crippen LogP contribution in [0.3, 0.4) is 0 Å². The molecule has 2 aromatic carbocycles. The third-order valence-electron chi connectivity index (χ3n) is 3.63. The summed E-state index contributed by atoms with van der Waals surface area (Å²) in [5, 5.41) is 22.5. The lowest BCUT2D eigenvalue weighted by Crippen LogP contribution is -2.19. The van der Waals surface area contributed by atoms with E-state index in [4.69, 9.17) is 35.4 Å². The van der Waals surface area contributed by atoms with Crippen molar-refractivity contribution in [3.8, 4) is 0 Å². The highest BCUT2D eigenvalue weighted by molar-refractivity contribution is 9.10. The number of nitrogens with one attached hydrogen (secondary N) is 2. The van der Waals surface area contributed by atoms with Gasteiger partial charge in [0.15, 0.2) is 10.9 Å². The summed E-state index contributed by atoms with van der Waals surface area (Å²) in [4.78, 5) is 10.2. The Morgan fingerprint density at radius 2 is 1.93 bits per heavy atom. The number of halogens is 3. The van der Waals surface area contributed by atoms with Gasteiger partial charge in [0, 0.05) is 34.1 Å². The Morgan fingerprint density at radius 3 is 2.57 bits per heavy atom. The molecule has 2 N–H and O–H groups in total. The van der Waals surface area contributed by atoms with Crippen molar-refractivity contribution >= 4 is 73.7 Å². The topological polar surface area (TPSA) is 85.0 Å². The van der Waals surface area contributed by atoms with Crippen LogP contribution in [0.25, 0.3) is 0 Å². The number of nitrogens with zero attached hydrogens (tertiary/aromatic N) is 3. The molecule has 11 heteroatoms. The molecule has 0 unspecified atom stereocenters. The minimum atomic E-state index is -0.461. The summed E-state index contributed by atoms with van der Waals surface area (Å²) < 4.78 is 2.42. The molecule has 3 rings (SSSR count). The van der Waals surface area contributed by atoms with Gasteiger partial charge >= 0.3 is 0 Å². The van der Waals surface area contributed by atoms with Crippen LogP contribution in [-0.4, -0.2) is 19.8 Å². The smallest absolute Gasteiger partial charge is 0.269 e. The molecule has 0 aliphatic heterocycles. The monoisotopic (exact) mass is 499 g/mol. The number of hydrogen-bond donors (Lipinski definition) is 2. The van der Waals surface area contributed by atoms with Crippen LogP contribution >= 0.6 is 51.3 Å². The number of aromatic nitrogens is 2. The van der Waals surface area contributed by atoms with E-state index in [0.29, 0.717) is 37.7 Å². The van der Waals surface area contributed by atoms with Gasteiger partial charge in [-0.15, -0.1) is 0 Å². The van der Waals surface area contributed by atoms with Crippen molar-refractivity contribution in [2.75, 3.05) is 10.6 Å². The molecule has 3 aromatic rings. The largest absolute Gasteiger partial charge is 0.332 e. The van der Waals surface area contributed by atoms with Gasteiger partial charge in [0.05, 0.1) is 15.9 Å². The van der Waals surface area contributed by atoms with Crippen LogP contribution in [0, 0.1) is 10.1 Å². The predicted molar refractivity (Wildman–Crippen MR) is 118 cm³/mol. The maximum absolute atomic E-state index is 10.7. The molecule has 0 bridgehead atoms. The fraction of sp³-hybridized carbons (Fsp3) is 0.0588. The van der Waals surface area contributed by atoms with Gasteiger partial charge in [0.2, 0.25) is 0 Å². The maximum Gasteiger partial charge on any atom is 0.269 e. The number of nitro groups is 1. The predicted octanol–water partition coefficient (Wildman–Crippen LogP) is 5.72. The summed E-state index contributed by atoms with van der Waals surface area (Å²) in [6, 6.07) is 11.2. The molecule has 0 amide bonds. The molecular weight excluding hydrogens is 489 g/mol. The van der Waals surface area contributed by atoms with Gasteiger partial charge in [0.1, 0.15) is 0 Å². The quantitative estimate of drug-likeness (QED) is 0.265. The fourth-order valence-electron chi connectivity index (χ4n) is 2.32. The van der Waals surface area contributed by atoms with Crippen molar-refractivity contribution in [2.24, 2.45) is 0 Å². The highest BCUT2D eigenvalue weighted by atomic mass is 79.9. The maximum atomic E-state index is 10.7. The van der Waals surface area contributed by atoms with Gasteiger partial charge in [-0.05, 0) is 58.0 Å². The number of benzene rings is 2. The average molecular weight is 501 g/mol. The molecule has 0 aliphatic carbocycles. The Morgan fingerprint density at radius 1 is 1.21 bits per heavy atom. The molecule has 0 radical (unpaired) electrons. The first-order valence-corrected chi connectivity index (χ1v) is 9.77. The normalized spacial score (nSPS) is 10.5. The number of hydrogen-bond acceptors (Lipinski definition) is 4. The second kappa shape index (κ2) is 8.87. The van der Waals surface area contributed by atoms with Gasteiger partial charge in [0.25, 0.3) is 5.69 Å². The lowest BCUT2D eigenvalue weighted by molar-refractivity contribution is -0.384. The van der Waals surface area contributed by atoms with E-state index in [0.717, 1.165) is 5.56 Å². The molecule has 0 spiro atoms. The van der Waals surface area contributed by atoms with E-state index in [1.807, 2.05) is 6.07 Å². The molecule has 0 saturated carbocycles. The fourth-order valence-corrected chi connectivity index (χ4v) is 3.42. The Kier molecular flexibility index (Phi) is 6.50. The standard InChI is InChI=1S/C17H12BrCl2N5O2S/c18-14-9-24(8-10-1-2-11(19)7-15(10)20)23-16(14)22-17(28)21-12-3-5-13(6-4-12)25(26)27/h1-7,9H,8H2,(H2,21,22,23,28). The SMILES string of the molecule is O=[N+]([O-])c1ccc(NC(=S)Nc2nn(Cc3ccc(Cl)cc3Cl)cc2Br)cc1. The van der Waals surface area contributed by atoms with Gasteiger partial charge in [-0.3, -0.25) is 14.8 Å². The molecule has 0 aliphatic rings. The zero-order valence-electron chi connectivity index (χ0n) is 14.0. The second-order valence-electron chi connectivity index (χ2n) is 5.64. The number of thiocarbonyl (C=S) groups is 1. The number of non-ortho nitro benzene ring substituents is 1. The minimum Gasteiger partial charge on any atom is -0.332 e. The molecule has 28 heavy (non-hydrogen) atoms. The van der Waals surface area contributed by atoms with Crippen molar-refractivity contribution in [1.29, 1.82) is 0 Å². The van der Waals surface area contributed by atoms with Crippen molar-refractivity contribution in [3.05, 3.63) is 78.9 Å². The van der Waals surface area contributed by atoms with Crippen molar-refractivity contribution in [2.45, 2.75) is 6.54 Å². The summed E-state index contributed by atoms with van der Waals surface area (Å²) in [5.41, 5.74) is 1.50. The molecule has 0 saturated heterocycles. The van der Waals surface area contributed by atoms with Crippen molar-refractivity contribution in [3.63, 3.8) is 0 Å². The van der Waals surface area contributed by atoms with Crippen molar-refractivity contribution < 1.29 is 4.92 Å². The van der Waals surface area contributed by atoms with Gasteiger partial charge in [-0.25, -0.2) is 0 Å². The van der Waals surface area contributed by atoms with Crippen LogP contribution in [0.5, 0.6) is 0 Å². The molecular formula is C17H12BrCl2N5O2S. The first-order valence-electron chi connectivity index (χ1n) is 7.81. The van der Waals surface area contributed by atoms with E-state index in [9.17, 15) is 10.1 Å². The van der Waals surface area contributed by atoms with Crippen LogP contribution in [-0.2, 0) is 6.54 Å². The zero-order chi connectivity index (χ0) is 20.3. The van der Waals surface area contributed by atoms with Crippen LogP contribution in [0.1, 0.15) is 5.56 Å². The number of nitro benzene ring substituents is 1. The van der Waals surface area contributed by atoms with Crippen LogP contribution in [0.15, 0.2) is 53.1 Å². The third kappa shape index (κ3) is 5.20. The molecule has 0 fully saturated rings. The Labute approximate surface area is 183 Å². The molecule has 0 atom stereocenters. The minimum absolute atomic E-state index is 0.00627. The summed E-state index contributed by atoms with van der Waals surface area (Å²) >= 11 is 20.8. The first-order chi connectivity index (χ1) is 13.3. The Hall–Kier alpha value is -2.20. The summed E-state index contributed by atoms with van der Waals surface area (Å²) in [5.74, 6) is 0.518. The average Bonchev–Trinajstić information content (AvgIpc) is 2.97. The second-order valence-corrected chi connectivity index (χ2v) is 7.75. The van der Waals surface area contributed by atoms with E-state index in [-0.39, 0.29) is 5.69 Å². The van der Waals surface area contributed by atoms with E-state index in [1.54, 1.807) is 35.1 Å². The highest BCUT2D eigenvalue weighted by Crippen LogP contribution is 2.25. The number of rotatable bonds is 5. The summed E-state index contributed by atoms with van der Waals surface area (Å²) in [6.45, 7) is 0.457. The lowest BCUT2D eigenvalue weighted by atomic mass is 10.2. The van der Waals surface area contributed by atoms with E-state index in [1.165, 1.54) is 12.1 Å². The van der Waals surface area contributed by atoms with Crippen LogP contribution in [0.2, 0.25) is 10.0 Å². The highest BCUT2D eigenvalue weighted by Gasteiger charge is 2.11. The molecule has 144 valence electrons. The van der Waals surface area contributed by atoms with Gasteiger partial charge in [-0.1, -0.05) is 29.3 Å². The van der Waals surface area contributed by atoms with Crippen molar-refractivity contribution in [1.82, 2.24) is 9.78 Å². The third-order valence-corrected chi connectivity index (χ3v) is 5.00. The Bertz CT molecular complexity index is 1040. The van der Waals surface area contributed by atoms with Gasteiger partial charge in [-0.2, -0.15) is 5.10 Å². The van der Waals surface area contributed by atoms with E-state index in [2.05, 4.69) is 31.7 Å². The van der Waals surface area contributed by atoms with Crippen LogP contribution < -0.4 is 10.6 Å². The first kappa shape index (κ1) is 20.5. The summed E-state index contributed by atoms with van der Waals surface area (Å²) in [7, 11) is 0. The van der Waals surface area contributed by atoms with E-state index < -0.39 is 4.92 Å². The molecule has 7 nitrogen and oxygen atoms in total. The van der Waals surface area contributed by atoms with Crippen LogP contribution in [0.4, 0.5) is 17.2 Å². The summed E-state index contributed by atoms with van der Waals surface area (Å²) in [6.07, 6.45) is 1.79. The van der Waals surface area contributed by atoms with Gasteiger partial charge < -0.3 is 10.6 Å². The Balaban J connectivity index is 1.65. The molecule has 1 heterocycles.